The Hall–Kier alpha value is -1.27. The smallest absolute Gasteiger partial charge is 0.194 e. The highest BCUT2D eigenvalue weighted by atomic mass is 127. The van der Waals surface area contributed by atoms with Gasteiger partial charge in [-0.05, 0) is 52.6 Å². The quantitative estimate of drug-likeness (QED) is 0.307. The minimum atomic E-state index is -3.10. The summed E-state index contributed by atoms with van der Waals surface area (Å²) in [5.41, 5.74) is 1.07. The van der Waals surface area contributed by atoms with E-state index >= 15 is 0 Å². The number of sulfone groups is 1. The summed E-state index contributed by atoms with van der Waals surface area (Å²) in [4.78, 5) is 9.03. The molecule has 8 nitrogen and oxygen atoms in total. The molecule has 1 aliphatic heterocycles. The maximum absolute atomic E-state index is 12.4. The monoisotopic (exact) mass is 568 g/mol. The van der Waals surface area contributed by atoms with Gasteiger partial charge in [0.25, 0.3) is 0 Å². The van der Waals surface area contributed by atoms with Gasteiger partial charge in [-0.15, -0.1) is 24.0 Å². The van der Waals surface area contributed by atoms with Crippen molar-refractivity contribution in [1.29, 1.82) is 0 Å². The fourth-order valence-corrected chi connectivity index (χ4v) is 4.92. The average molecular weight is 569 g/mol. The van der Waals surface area contributed by atoms with Crippen LogP contribution in [0.5, 0.6) is 11.5 Å². The highest BCUT2D eigenvalue weighted by Crippen LogP contribution is 2.31. The van der Waals surface area contributed by atoms with Crippen molar-refractivity contribution in [3.63, 3.8) is 0 Å². The molecular formula is C21H37IN4O4S. The van der Waals surface area contributed by atoms with Crippen molar-refractivity contribution < 1.29 is 17.9 Å². The molecule has 0 saturated carbocycles. The van der Waals surface area contributed by atoms with Gasteiger partial charge in [-0.25, -0.2) is 8.42 Å². The first-order valence-electron chi connectivity index (χ1n) is 10.2. The number of guanidine groups is 1. The molecule has 1 aromatic carbocycles. The summed E-state index contributed by atoms with van der Waals surface area (Å²) in [5.74, 6) is 2.25. The largest absolute Gasteiger partial charge is 0.493 e. The molecule has 10 heteroatoms. The zero-order valence-electron chi connectivity index (χ0n) is 19.6. The van der Waals surface area contributed by atoms with Crippen molar-refractivity contribution in [2.24, 2.45) is 4.99 Å². The fraction of sp³-hybridized carbons (Fsp3) is 0.667. The van der Waals surface area contributed by atoms with Crippen molar-refractivity contribution in [2.45, 2.75) is 31.6 Å². The lowest BCUT2D eigenvalue weighted by Crippen LogP contribution is -2.57. The standard InChI is InChI=1S/C21H36N4O4S.HI/c1-8-22-20(25-11-12-30(26,27)21(2,3)15-25)23-14-17(24(4)5)16-9-10-18(28-6)19(13-16)29-7;/h9-10,13,17H,8,11-12,14-15H2,1-7H3,(H,22,23);1H. The maximum atomic E-state index is 12.4. The Morgan fingerprint density at radius 3 is 2.42 bits per heavy atom. The summed E-state index contributed by atoms with van der Waals surface area (Å²) in [7, 11) is 4.17. The minimum absolute atomic E-state index is 0. The Labute approximate surface area is 204 Å². The highest BCUT2D eigenvalue weighted by molar-refractivity contribution is 14.0. The van der Waals surface area contributed by atoms with Crippen molar-refractivity contribution in [2.75, 3.05) is 60.2 Å². The van der Waals surface area contributed by atoms with Gasteiger partial charge >= 0.3 is 0 Å². The number of halogens is 1. The fourth-order valence-electron chi connectivity index (χ4n) is 3.55. The van der Waals surface area contributed by atoms with E-state index in [2.05, 4.69) is 10.2 Å². The van der Waals surface area contributed by atoms with Gasteiger partial charge in [-0.1, -0.05) is 6.07 Å². The molecule has 1 unspecified atom stereocenters. The Morgan fingerprint density at radius 2 is 1.90 bits per heavy atom. The summed E-state index contributed by atoms with van der Waals surface area (Å²) >= 11 is 0. The van der Waals surface area contributed by atoms with Gasteiger partial charge in [0, 0.05) is 19.6 Å². The molecule has 0 spiro atoms. The molecule has 1 fully saturated rings. The Balaban J connectivity index is 0.00000480. The third-order valence-electron chi connectivity index (χ3n) is 5.51. The normalized spacial score (nSPS) is 18.8. The number of rotatable bonds is 7. The van der Waals surface area contributed by atoms with Crippen molar-refractivity contribution in [1.82, 2.24) is 15.1 Å². The van der Waals surface area contributed by atoms with E-state index in [0.717, 1.165) is 11.5 Å². The first-order chi connectivity index (χ1) is 14.1. The second-order valence-corrected chi connectivity index (χ2v) is 11.0. The lowest BCUT2D eigenvalue weighted by Gasteiger charge is -2.39. The lowest BCUT2D eigenvalue weighted by molar-refractivity contribution is 0.300. The van der Waals surface area contributed by atoms with E-state index in [1.165, 1.54) is 0 Å². The molecule has 178 valence electrons. The Bertz CT molecular complexity index is 859. The number of likely N-dealkylation sites (N-methyl/N-ethyl adjacent to an activating group) is 1. The molecule has 0 aromatic heterocycles. The lowest BCUT2D eigenvalue weighted by atomic mass is 10.1. The molecule has 1 aliphatic rings. The topological polar surface area (TPSA) is 83.5 Å². The maximum Gasteiger partial charge on any atom is 0.194 e. The van der Waals surface area contributed by atoms with E-state index in [4.69, 9.17) is 14.5 Å². The van der Waals surface area contributed by atoms with Gasteiger partial charge in [0.05, 0.1) is 37.3 Å². The van der Waals surface area contributed by atoms with Crippen LogP contribution in [-0.4, -0.2) is 89.2 Å². The van der Waals surface area contributed by atoms with Crippen LogP contribution < -0.4 is 14.8 Å². The first-order valence-corrected chi connectivity index (χ1v) is 11.9. The van der Waals surface area contributed by atoms with E-state index in [9.17, 15) is 8.42 Å². The molecule has 1 heterocycles. The number of benzene rings is 1. The van der Waals surface area contributed by atoms with Crippen LogP contribution in [0.3, 0.4) is 0 Å². The van der Waals surface area contributed by atoms with E-state index in [0.29, 0.717) is 37.7 Å². The van der Waals surface area contributed by atoms with E-state index < -0.39 is 14.6 Å². The van der Waals surface area contributed by atoms with E-state index in [1.54, 1.807) is 28.1 Å². The van der Waals surface area contributed by atoms with Crippen molar-refractivity contribution in [3.8, 4) is 11.5 Å². The highest BCUT2D eigenvalue weighted by Gasteiger charge is 2.41. The summed E-state index contributed by atoms with van der Waals surface area (Å²) in [5, 5.41) is 3.32. The summed E-state index contributed by atoms with van der Waals surface area (Å²) < 4.78 is 34.7. The number of methoxy groups -OCH3 is 2. The van der Waals surface area contributed by atoms with Gasteiger partial charge in [0.1, 0.15) is 0 Å². The molecule has 0 aliphatic carbocycles. The van der Waals surface area contributed by atoms with E-state index in [1.807, 2.05) is 44.1 Å². The molecule has 31 heavy (non-hydrogen) atoms. The molecule has 2 rings (SSSR count). The second-order valence-electron chi connectivity index (χ2n) is 8.29. The molecule has 1 atom stereocenters. The van der Waals surface area contributed by atoms with Crippen LogP contribution in [0.25, 0.3) is 0 Å². The first kappa shape index (κ1) is 27.8. The van der Waals surface area contributed by atoms with Gasteiger partial charge in [0.2, 0.25) is 0 Å². The van der Waals surface area contributed by atoms with Crippen LogP contribution in [0.4, 0.5) is 0 Å². The molecule has 1 aromatic rings. The second kappa shape index (κ2) is 11.6. The third-order valence-corrected chi connectivity index (χ3v) is 8.04. The molecule has 1 saturated heterocycles. The Kier molecular flexibility index (Phi) is 10.3. The molecule has 0 bridgehead atoms. The van der Waals surface area contributed by atoms with E-state index in [-0.39, 0.29) is 35.8 Å². The SMILES string of the molecule is CCNC(=NCC(c1ccc(OC)c(OC)c1)N(C)C)N1CCS(=O)(=O)C(C)(C)C1.I. The number of nitrogens with one attached hydrogen (secondary N) is 1. The van der Waals surface area contributed by atoms with Crippen LogP contribution in [0.15, 0.2) is 23.2 Å². The van der Waals surface area contributed by atoms with Gasteiger partial charge in [-0.2, -0.15) is 0 Å². The number of nitrogens with zero attached hydrogens (tertiary/aromatic N) is 3. The Morgan fingerprint density at radius 1 is 1.26 bits per heavy atom. The molecular weight excluding hydrogens is 531 g/mol. The molecule has 0 radical (unpaired) electrons. The van der Waals surface area contributed by atoms with Crippen molar-refractivity contribution >= 4 is 39.8 Å². The van der Waals surface area contributed by atoms with Crippen LogP contribution in [0, 0.1) is 0 Å². The zero-order chi connectivity index (χ0) is 22.5. The van der Waals surface area contributed by atoms with Crippen molar-refractivity contribution in [3.05, 3.63) is 23.8 Å². The van der Waals surface area contributed by atoms with Crippen LogP contribution in [-0.2, 0) is 9.84 Å². The molecule has 0 amide bonds. The summed E-state index contributed by atoms with van der Waals surface area (Å²) in [6.45, 7) is 7.68. The number of hydrogen-bond acceptors (Lipinski definition) is 6. The van der Waals surface area contributed by atoms with Crippen LogP contribution >= 0.6 is 24.0 Å². The van der Waals surface area contributed by atoms with Gasteiger partial charge < -0.3 is 24.6 Å². The van der Waals surface area contributed by atoms with Crippen LogP contribution in [0.2, 0.25) is 0 Å². The predicted octanol–water partition coefficient (Wildman–Crippen LogP) is 2.40. The number of hydrogen-bond donors (Lipinski definition) is 1. The third kappa shape index (κ3) is 6.61. The number of ether oxygens (including phenoxy) is 2. The molecule has 1 N–H and O–H groups in total. The average Bonchev–Trinajstić information content (AvgIpc) is 2.69. The predicted molar refractivity (Wildman–Crippen MR) is 137 cm³/mol. The number of aliphatic imine (C=N–C) groups is 1. The van der Waals surface area contributed by atoms with Gasteiger partial charge in [0.15, 0.2) is 27.3 Å². The minimum Gasteiger partial charge on any atom is -0.493 e. The van der Waals surface area contributed by atoms with Gasteiger partial charge in [-0.3, -0.25) is 4.99 Å². The van der Waals surface area contributed by atoms with Crippen LogP contribution in [0.1, 0.15) is 32.4 Å². The zero-order valence-corrected chi connectivity index (χ0v) is 22.8. The summed E-state index contributed by atoms with van der Waals surface area (Å²) in [6.07, 6.45) is 0. The summed E-state index contributed by atoms with van der Waals surface area (Å²) in [6, 6.07) is 5.92.